The SMILES string of the molecule is CC1(N2CCN(CCc3cccnc3)CC2)CCOCC1. The highest BCUT2D eigenvalue weighted by Gasteiger charge is 2.35. The third-order valence-corrected chi connectivity index (χ3v) is 5.15. The van der Waals surface area contributed by atoms with Gasteiger partial charge in [0.2, 0.25) is 0 Å². The lowest BCUT2D eigenvalue weighted by atomic mass is 9.89. The largest absolute Gasteiger partial charge is 0.381 e. The molecule has 3 rings (SSSR count). The van der Waals surface area contributed by atoms with Gasteiger partial charge in [0.05, 0.1) is 0 Å². The molecule has 0 N–H and O–H groups in total. The molecule has 0 bridgehead atoms. The molecule has 21 heavy (non-hydrogen) atoms. The average molecular weight is 289 g/mol. The maximum Gasteiger partial charge on any atom is 0.0483 e. The van der Waals surface area contributed by atoms with E-state index in [0.29, 0.717) is 5.54 Å². The third kappa shape index (κ3) is 3.82. The summed E-state index contributed by atoms with van der Waals surface area (Å²) in [5.41, 5.74) is 1.71. The van der Waals surface area contributed by atoms with Crippen molar-refractivity contribution in [1.82, 2.24) is 14.8 Å². The van der Waals surface area contributed by atoms with Crippen LogP contribution in [0.3, 0.4) is 0 Å². The Hall–Kier alpha value is -0.970. The second-order valence-corrected chi connectivity index (χ2v) is 6.55. The number of hydrogen-bond acceptors (Lipinski definition) is 4. The first-order valence-corrected chi connectivity index (χ1v) is 8.20. The van der Waals surface area contributed by atoms with E-state index in [1.54, 1.807) is 0 Å². The zero-order chi connectivity index (χ0) is 14.5. The molecule has 0 amide bonds. The molecule has 4 nitrogen and oxygen atoms in total. The van der Waals surface area contributed by atoms with Crippen LogP contribution in [0.2, 0.25) is 0 Å². The van der Waals surface area contributed by atoms with Crippen molar-refractivity contribution in [3.63, 3.8) is 0 Å². The minimum Gasteiger partial charge on any atom is -0.381 e. The van der Waals surface area contributed by atoms with Crippen molar-refractivity contribution in [1.29, 1.82) is 0 Å². The fraction of sp³-hybridized carbons (Fsp3) is 0.706. The van der Waals surface area contributed by atoms with Crippen molar-refractivity contribution in [3.05, 3.63) is 30.1 Å². The predicted octanol–water partition coefficient (Wildman–Crippen LogP) is 1.81. The molecule has 1 aromatic rings. The van der Waals surface area contributed by atoms with Crippen LogP contribution < -0.4 is 0 Å². The van der Waals surface area contributed by atoms with E-state index >= 15 is 0 Å². The molecule has 116 valence electrons. The number of hydrogen-bond donors (Lipinski definition) is 0. The Balaban J connectivity index is 1.44. The van der Waals surface area contributed by atoms with Crippen molar-refractivity contribution in [2.75, 3.05) is 45.9 Å². The van der Waals surface area contributed by atoms with Gasteiger partial charge in [-0.15, -0.1) is 0 Å². The van der Waals surface area contributed by atoms with Gasteiger partial charge in [0, 0.05) is 63.9 Å². The van der Waals surface area contributed by atoms with Gasteiger partial charge in [-0.2, -0.15) is 0 Å². The van der Waals surface area contributed by atoms with Crippen LogP contribution in [-0.4, -0.2) is 66.3 Å². The first kappa shape index (κ1) is 14.9. The van der Waals surface area contributed by atoms with Gasteiger partial charge >= 0.3 is 0 Å². The van der Waals surface area contributed by atoms with Crippen molar-refractivity contribution in [3.8, 4) is 0 Å². The number of nitrogens with zero attached hydrogens (tertiary/aromatic N) is 3. The molecule has 0 aromatic carbocycles. The predicted molar refractivity (Wildman–Crippen MR) is 84.4 cm³/mol. The first-order valence-electron chi connectivity index (χ1n) is 8.20. The number of aromatic nitrogens is 1. The van der Waals surface area contributed by atoms with Gasteiger partial charge in [-0.25, -0.2) is 0 Å². The molecule has 0 saturated carbocycles. The molecule has 3 heterocycles. The number of piperazine rings is 1. The first-order chi connectivity index (χ1) is 10.3. The Labute approximate surface area is 128 Å². The van der Waals surface area contributed by atoms with E-state index in [1.165, 1.54) is 44.6 Å². The Morgan fingerprint density at radius 2 is 1.95 bits per heavy atom. The molecule has 0 atom stereocenters. The van der Waals surface area contributed by atoms with Gasteiger partial charge < -0.3 is 9.64 Å². The molecule has 0 unspecified atom stereocenters. The molecule has 1 aromatic heterocycles. The van der Waals surface area contributed by atoms with Crippen LogP contribution in [0, 0.1) is 0 Å². The number of rotatable bonds is 4. The van der Waals surface area contributed by atoms with Gasteiger partial charge in [0.1, 0.15) is 0 Å². The summed E-state index contributed by atoms with van der Waals surface area (Å²) in [6, 6.07) is 4.20. The van der Waals surface area contributed by atoms with Crippen LogP contribution >= 0.6 is 0 Å². The molecule has 2 saturated heterocycles. The minimum atomic E-state index is 0.369. The van der Waals surface area contributed by atoms with E-state index in [9.17, 15) is 0 Å². The summed E-state index contributed by atoms with van der Waals surface area (Å²) < 4.78 is 5.52. The quantitative estimate of drug-likeness (QED) is 0.845. The summed E-state index contributed by atoms with van der Waals surface area (Å²) in [5.74, 6) is 0. The Kier molecular flexibility index (Phi) is 4.88. The smallest absolute Gasteiger partial charge is 0.0483 e. The van der Waals surface area contributed by atoms with E-state index in [0.717, 1.165) is 26.2 Å². The maximum atomic E-state index is 5.52. The molecule has 0 spiro atoms. The van der Waals surface area contributed by atoms with Gasteiger partial charge in [-0.1, -0.05) is 6.07 Å². The van der Waals surface area contributed by atoms with Crippen molar-refractivity contribution >= 4 is 0 Å². The molecule has 0 aliphatic carbocycles. The van der Waals surface area contributed by atoms with E-state index < -0.39 is 0 Å². The normalized spacial score (nSPS) is 24.0. The van der Waals surface area contributed by atoms with Crippen LogP contribution in [0.1, 0.15) is 25.3 Å². The second kappa shape index (κ2) is 6.86. The van der Waals surface area contributed by atoms with E-state index in [1.807, 2.05) is 18.5 Å². The Bertz CT molecular complexity index is 423. The van der Waals surface area contributed by atoms with Crippen molar-refractivity contribution < 1.29 is 4.74 Å². The van der Waals surface area contributed by atoms with E-state index in [2.05, 4.69) is 27.8 Å². The standard InChI is InChI=1S/C17H27N3O/c1-17(5-13-21-14-6-17)20-11-9-19(10-12-20)8-4-16-3-2-7-18-15-16/h2-3,7,15H,4-6,8-14H2,1H3. The lowest BCUT2D eigenvalue weighted by Crippen LogP contribution is -2.57. The average Bonchev–Trinajstić information content (AvgIpc) is 2.55. The molecule has 0 radical (unpaired) electrons. The molecule has 2 aliphatic rings. The van der Waals surface area contributed by atoms with Crippen LogP contribution in [0.4, 0.5) is 0 Å². The summed E-state index contributed by atoms with van der Waals surface area (Å²) in [4.78, 5) is 9.47. The number of ether oxygens (including phenoxy) is 1. The monoisotopic (exact) mass is 289 g/mol. The van der Waals surface area contributed by atoms with Gasteiger partial charge in [-0.3, -0.25) is 9.88 Å². The third-order valence-electron chi connectivity index (χ3n) is 5.15. The number of pyridine rings is 1. The highest BCUT2D eigenvalue weighted by atomic mass is 16.5. The zero-order valence-corrected chi connectivity index (χ0v) is 13.1. The second-order valence-electron chi connectivity index (χ2n) is 6.55. The van der Waals surface area contributed by atoms with Gasteiger partial charge in [0.25, 0.3) is 0 Å². The van der Waals surface area contributed by atoms with Gasteiger partial charge in [-0.05, 0) is 37.8 Å². The van der Waals surface area contributed by atoms with Crippen molar-refractivity contribution in [2.45, 2.75) is 31.7 Å². The fourth-order valence-corrected chi connectivity index (χ4v) is 3.47. The van der Waals surface area contributed by atoms with E-state index in [4.69, 9.17) is 4.74 Å². The lowest BCUT2D eigenvalue weighted by Gasteiger charge is -2.47. The van der Waals surface area contributed by atoms with Gasteiger partial charge in [0.15, 0.2) is 0 Å². The highest BCUT2D eigenvalue weighted by Crippen LogP contribution is 2.28. The summed E-state index contributed by atoms with van der Waals surface area (Å²) in [5, 5.41) is 0. The van der Waals surface area contributed by atoms with E-state index in [-0.39, 0.29) is 0 Å². The summed E-state index contributed by atoms with van der Waals surface area (Å²) in [7, 11) is 0. The molecule has 2 fully saturated rings. The van der Waals surface area contributed by atoms with Crippen LogP contribution in [0.15, 0.2) is 24.5 Å². The molecular weight excluding hydrogens is 262 g/mol. The topological polar surface area (TPSA) is 28.6 Å². The molecular formula is C17H27N3O. The highest BCUT2D eigenvalue weighted by molar-refractivity contribution is 5.08. The zero-order valence-electron chi connectivity index (χ0n) is 13.1. The Morgan fingerprint density at radius 1 is 1.19 bits per heavy atom. The minimum absolute atomic E-state index is 0.369. The summed E-state index contributed by atoms with van der Waals surface area (Å²) >= 11 is 0. The van der Waals surface area contributed by atoms with Crippen molar-refractivity contribution in [2.24, 2.45) is 0 Å². The summed E-state index contributed by atoms with van der Waals surface area (Å²) in [6.07, 6.45) is 7.31. The summed E-state index contributed by atoms with van der Waals surface area (Å²) in [6.45, 7) is 10.2. The Morgan fingerprint density at radius 3 is 2.62 bits per heavy atom. The fourth-order valence-electron chi connectivity index (χ4n) is 3.47. The van der Waals surface area contributed by atoms with Crippen LogP contribution in [0.5, 0.6) is 0 Å². The van der Waals surface area contributed by atoms with Crippen LogP contribution in [0.25, 0.3) is 0 Å². The van der Waals surface area contributed by atoms with Crippen LogP contribution in [-0.2, 0) is 11.2 Å². The maximum absolute atomic E-state index is 5.52. The molecule has 4 heteroatoms. The molecule has 2 aliphatic heterocycles. The lowest BCUT2D eigenvalue weighted by molar-refractivity contribution is -0.0375.